The van der Waals surface area contributed by atoms with E-state index in [-0.39, 0.29) is 5.75 Å². The lowest BCUT2D eigenvalue weighted by Gasteiger charge is -2.11. The van der Waals surface area contributed by atoms with Crippen LogP contribution in [0.1, 0.15) is 24.8 Å². The summed E-state index contributed by atoms with van der Waals surface area (Å²) in [5, 5.41) is 3.36. The molecule has 0 aromatic carbocycles. The zero-order valence-corrected chi connectivity index (χ0v) is 11.8. The number of sulfonamides is 1. The van der Waals surface area contributed by atoms with Gasteiger partial charge in [0.25, 0.3) is 0 Å². The number of pyridine rings is 1. The maximum absolute atomic E-state index is 11.8. The summed E-state index contributed by atoms with van der Waals surface area (Å²) < 4.78 is 26.3. The highest BCUT2D eigenvalue weighted by Crippen LogP contribution is 2.08. The predicted molar refractivity (Wildman–Crippen MR) is 75.4 cm³/mol. The molecule has 5 nitrogen and oxygen atoms in total. The third-order valence-corrected chi connectivity index (χ3v) is 4.77. The fourth-order valence-electron chi connectivity index (χ4n) is 2.27. The van der Waals surface area contributed by atoms with E-state index in [4.69, 9.17) is 0 Å². The quantitative estimate of drug-likeness (QED) is 0.772. The van der Waals surface area contributed by atoms with Crippen molar-refractivity contribution >= 4 is 10.0 Å². The molecule has 0 spiro atoms. The summed E-state index contributed by atoms with van der Waals surface area (Å²) in [6, 6.07) is 4.17. The van der Waals surface area contributed by atoms with Crippen LogP contribution < -0.4 is 10.0 Å². The molecule has 6 heteroatoms. The van der Waals surface area contributed by atoms with Crippen LogP contribution >= 0.6 is 0 Å². The van der Waals surface area contributed by atoms with Crippen LogP contribution in [0.25, 0.3) is 0 Å². The minimum absolute atomic E-state index is 0.134. The Morgan fingerprint density at radius 1 is 1.37 bits per heavy atom. The molecule has 106 valence electrons. The summed E-state index contributed by atoms with van der Waals surface area (Å²) in [6.45, 7) is 1.58. The first-order chi connectivity index (χ1) is 9.16. The average Bonchev–Trinajstić information content (AvgIpc) is 2.91. The summed E-state index contributed by atoms with van der Waals surface area (Å²) in [5.74, 6) is 0.134. The van der Waals surface area contributed by atoms with Gasteiger partial charge in [0.2, 0.25) is 10.0 Å². The summed E-state index contributed by atoms with van der Waals surface area (Å²) in [6.07, 6.45) is 7.11. The molecule has 0 radical (unpaired) electrons. The zero-order valence-electron chi connectivity index (χ0n) is 11.0. The van der Waals surface area contributed by atoms with E-state index in [1.54, 1.807) is 12.4 Å². The highest BCUT2D eigenvalue weighted by Gasteiger charge is 2.15. The molecule has 0 amide bonds. The smallest absolute Gasteiger partial charge is 0.211 e. The second-order valence-electron chi connectivity index (χ2n) is 4.90. The summed E-state index contributed by atoms with van der Waals surface area (Å²) >= 11 is 0. The molecule has 1 aliphatic heterocycles. The maximum atomic E-state index is 11.8. The van der Waals surface area contributed by atoms with Gasteiger partial charge in [0, 0.05) is 25.0 Å². The predicted octanol–water partition coefficient (Wildman–Crippen LogP) is 0.686. The van der Waals surface area contributed by atoms with Gasteiger partial charge in [-0.3, -0.25) is 4.98 Å². The molecule has 1 saturated heterocycles. The van der Waals surface area contributed by atoms with Crippen molar-refractivity contribution in [3.63, 3.8) is 0 Å². The molecule has 1 aromatic rings. The third kappa shape index (κ3) is 5.26. The van der Waals surface area contributed by atoms with Crippen molar-refractivity contribution in [2.45, 2.75) is 31.7 Å². The average molecular weight is 283 g/mol. The Morgan fingerprint density at radius 2 is 2.16 bits per heavy atom. The second-order valence-corrected chi connectivity index (χ2v) is 6.83. The molecule has 1 aliphatic rings. The third-order valence-electron chi connectivity index (χ3n) is 3.39. The standard InChI is InChI=1S/C13H21N3O2S/c17-19(18,11-6-12-3-8-14-9-4-12)16-10-5-13-2-1-7-15-13/h3-4,8-9,13,15-16H,1-2,5-7,10-11H2/t13-/m1/s1. The normalized spacial score (nSPS) is 19.7. The van der Waals surface area contributed by atoms with Gasteiger partial charge < -0.3 is 5.32 Å². The summed E-state index contributed by atoms with van der Waals surface area (Å²) in [4.78, 5) is 3.91. The first kappa shape index (κ1) is 14.4. The fraction of sp³-hybridized carbons (Fsp3) is 0.615. The number of nitrogens with zero attached hydrogens (tertiary/aromatic N) is 1. The number of nitrogens with one attached hydrogen (secondary N) is 2. The minimum Gasteiger partial charge on any atom is -0.314 e. The van der Waals surface area contributed by atoms with E-state index in [0.29, 0.717) is 19.0 Å². The molecule has 0 aliphatic carbocycles. The van der Waals surface area contributed by atoms with Crippen molar-refractivity contribution in [3.8, 4) is 0 Å². The van der Waals surface area contributed by atoms with Crippen LogP contribution in [-0.4, -0.2) is 38.3 Å². The molecule has 1 atom stereocenters. The van der Waals surface area contributed by atoms with E-state index < -0.39 is 10.0 Å². The van der Waals surface area contributed by atoms with Crippen LogP contribution in [0.4, 0.5) is 0 Å². The molecule has 1 fully saturated rings. The Hall–Kier alpha value is -0.980. The summed E-state index contributed by atoms with van der Waals surface area (Å²) in [7, 11) is -3.17. The monoisotopic (exact) mass is 283 g/mol. The Labute approximate surface area is 114 Å². The highest BCUT2D eigenvalue weighted by molar-refractivity contribution is 7.89. The lowest BCUT2D eigenvalue weighted by Crippen LogP contribution is -2.32. The molecular formula is C13H21N3O2S. The zero-order chi connectivity index (χ0) is 13.6. The SMILES string of the molecule is O=S(=O)(CCc1ccncc1)NCC[C@H]1CCCN1. The molecule has 2 N–H and O–H groups in total. The Morgan fingerprint density at radius 3 is 2.84 bits per heavy atom. The maximum Gasteiger partial charge on any atom is 0.211 e. The number of hydrogen-bond acceptors (Lipinski definition) is 4. The van der Waals surface area contributed by atoms with Crippen molar-refractivity contribution in [2.75, 3.05) is 18.8 Å². The Bertz CT molecular complexity index is 470. The van der Waals surface area contributed by atoms with E-state index >= 15 is 0 Å². The number of hydrogen-bond donors (Lipinski definition) is 2. The van der Waals surface area contributed by atoms with E-state index in [0.717, 1.165) is 24.9 Å². The van der Waals surface area contributed by atoms with E-state index in [1.165, 1.54) is 6.42 Å². The first-order valence-electron chi connectivity index (χ1n) is 6.75. The largest absolute Gasteiger partial charge is 0.314 e. The van der Waals surface area contributed by atoms with E-state index in [1.807, 2.05) is 12.1 Å². The van der Waals surface area contributed by atoms with Crippen LogP contribution in [0, 0.1) is 0 Å². The van der Waals surface area contributed by atoms with Gasteiger partial charge in [-0.2, -0.15) is 0 Å². The topological polar surface area (TPSA) is 71.1 Å². The van der Waals surface area contributed by atoms with Crippen molar-refractivity contribution in [2.24, 2.45) is 0 Å². The highest BCUT2D eigenvalue weighted by atomic mass is 32.2. The number of rotatable bonds is 7. The van der Waals surface area contributed by atoms with Crippen molar-refractivity contribution in [1.29, 1.82) is 0 Å². The molecule has 0 saturated carbocycles. The first-order valence-corrected chi connectivity index (χ1v) is 8.40. The van der Waals surface area contributed by atoms with E-state index in [9.17, 15) is 8.42 Å². The molecular weight excluding hydrogens is 262 g/mol. The lowest BCUT2D eigenvalue weighted by atomic mass is 10.2. The van der Waals surface area contributed by atoms with Crippen LogP contribution in [-0.2, 0) is 16.4 Å². The molecule has 2 rings (SSSR count). The molecule has 19 heavy (non-hydrogen) atoms. The van der Waals surface area contributed by atoms with Gasteiger partial charge in [0.15, 0.2) is 0 Å². The van der Waals surface area contributed by atoms with Gasteiger partial charge in [-0.1, -0.05) is 0 Å². The number of aryl methyl sites for hydroxylation is 1. The van der Waals surface area contributed by atoms with Crippen LogP contribution in [0.15, 0.2) is 24.5 Å². The van der Waals surface area contributed by atoms with Gasteiger partial charge in [0.1, 0.15) is 0 Å². The second kappa shape index (κ2) is 6.98. The molecule has 1 aromatic heterocycles. The Kier molecular flexibility index (Phi) is 5.30. The van der Waals surface area contributed by atoms with Crippen LogP contribution in [0.2, 0.25) is 0 Å². The van der Waals surface area contributed by atoms with Gasteiger partial charge >= 0.3 is 0 Å². The molecule has 0 unspecified atom stereocenters. The van der Waals surface area contributed by atoms with Crippen molar-refractivity contribution in [3.05, 3.63) is 30.1 Å². The van der Waals surface area contributed by atoms with Crippen LogP contribution in [0.5, 0.6) is 0 Å². The van der Waals surface area contributed by atoms with Crippen molar-refractivity contribution < 1.29 is 8.42 Å². The number of aromatic nitrogens is 1. The van der Waals surface area contributed by atoms with Gasteiger partial charge in [0.05, 0.1) is 5.75 Å². The molecule has 0 bridgehead atoms. The van der Waals surface area contributed by atoms with Gasteiger partial charge in [-0.15, -0.1) is 0 Å². The van der Waals surface area contributed by atoms with Crippen molar-refractivity contribution in [1.82, 2.24) is 15.0 Å². The molecule has 2 heterocycles. The van der Waals surface area contributed by atoms with Crippen LogP contribution in [0.3, 0.4) is 0 Å². The Balaban J connectivity index is 1.69. The minimum atomic E-state index is -3.17. The fourth-order valence-corrected chi connectivity index (χ4v) is 3.34. The van der Waals surface area contributed by atoms with E-state index in [2.05, 4.69) is 15.0 Å². The lowest BCUT2D eigenvalue weighted by molar-refractivity contribution is 0.539. The summed E-state index contributed by atoms with van der Waals surface area (Å²) in [5.41, 5.74) is 0.998. The van der Waals surface area contributed by atoms with Gasteiger partial charge in [-0.05, 0) is 49.9 Å². The van der Waals surface area contributed by atoms with Gasteiger partial charge in [-0.25, -0.2) is 13.1 Å².